The quantitative estimate of drug-likeness (QED) is 0.0947. The molecule has 0 amide bonds. The summed E-state index contributed by atoms with van der Waals surface area (Å²) in [7, 11) is 6.28. The molecule has 690 valence electrons. The number of benzene rings is 18. The number of pyridine rings is 3. The fraction of sp³-hybridized carbons (Fsp3) is 0.0233. The van der Waals surface area contributed by atoms with Gasteiger partial charge in [-0.1, -0.05) is 341 Å². The van der Waals surface area contributed by atoms with Crippen molar-refractivity contribution in [3.05, 3.63) is 492 Å². The average Bonchev–Trinajstić information content (AvgIpc) is 1.64. The summed E-state index contributed by atoms with van der Waals surface area (Å²) in [4.78, 5) is 29.6. The fourth-order valence-electron chi connectivity index (χ4n) is 20.0. The minimum atomic E-state index is 0. The first-order valence-corrected chi connectivity index (χ1v) is 47.2. The van der Waals surface area contributed by atoms with Crippen LogP contribution in [0.5, 0.6) is 0 Å². The van der Waals surface area contributed by atoms with Crippen LogP contribution in [-0.4, -0.2) is 57.3 Å². The molecule has 27 aromatic rings. The van der Waals surface area contributed by atoms with Crippen molar-refractivity contribution in [2.45, 2.75) is 0 Å². The molecule has 0 N–H and O–H groups in total. The number of imidazole rings is 3. The van der Waals surface area contributed by atoms with Gasteiger partial charge < -0.3 is 42.4 Å². The topological polar surface area (TPSA) is 107 Å². The van der Waals surface area contributed by atoms with Gasteiger partial charge in [0.25, 0.3) is 0 Å². The van der Waals surface area contributed by atoms with Crippen LogP contribution in [0, 0.1) is 36.4 Å². The van der Waals surface area contributed by atoms with Crippen molar-refractivity contribution in [2.75, 3.05) is 0 Å². The molecule has 0 saturated heterocycles. The van der Waals surface area contributed by atoms with Gasteiger partial charge in [0.15, 0.2) is 0 Å². The monoisotopic (exact) mass is 2390 g/mol. The van der Waals surface area contributed by atoms with E-state index in [1.54, 1.807) is 0 Å². The van der Waals surface area contributed by atoms with Crippen LogP contribution < -0.4 is 0 Å². The molecule has 144 heavy (non-hydrogen) atoms. The molecule has 15 heteroatoms. The zero-order chi connectivity index (χ0) is 94.0. The summed E-state index contributed by atoms with van der Waals surface area (Å²) in [5.74, 6) is 2.62. The van der Waals surface area contributed by atoms with Gasteiger partial charge in [0.1, 0.15) is 0 Å². The number of aromatic nitrogens is 12. The van der Waals surface area contributed by atoms with E-state index < -0.39 is 0 Å². The second-order valence-electron chi connectivity index (χ2n) is 35.3. The van der Waals surface area contributed by atoms with Gasteiger partial charge in [-0.25, -0.2) is 0 Å². The number of fused-ring (bicyclic) bond motifs is 12. The third kappa shape index (κ3) is 17.1. The predicted molar refractivity (Wildman–Crippen MR) is 577 cm³/mol. The SMILES string of the molecule is Cn1c(-c2[c-]c3c(cc2)c2ccccc2n3-c2[c-]c(-c3ccc(-c4ccccc4)cn3)ccc2)nc2ccc(-c3ccccc3)cc21.Cn1c(-c2[c-]c3c(cc2-c2ccccc2)c2ccccc2n3-c2[c-]c(-c3ccccn3)ccc2)nc2cc(-c3ccccc3)ccc21.Cn1c(-c2[c-]c3c(cc2-c2ccccc2)c2ccccc2n3-c2[c-]c(-c3ccccn3)ccc2)nc2ccc(-c3ccccc3)cc21.[Pt+2].[Pt+2].[Pt+2]. The summed E-state index contributed by atoms with van der Waals surface area (Å²) in [6.07, 6.45) is 5.58. The second-order valence-corrected chi connectivity index (χ2v) is 35.3. The molecule has 0 bridgehead atoms. The average molecular weight is 2390 g/mol. The van der Waals surface area contributed by atoms with Gasteiger partial charge in [-0.2, -0.15) is 0 Å². The molecule has 18 aromatic carbocycles. The van der Waals surface area contributed by atoms with Gasteiger partial charge in [0, 0.05) is 56.3 Å². The Labute approximate surface area is 876 Å². The molecule has 12 nitrogen and oxygen atoms in total. The van der Waals surface area contributed by atoms with E-state index in [0.29, 0.717) is 0 Å². The van der Waals surface area contributed by atoms with Gasteiger partial charge in [-0.05, 0) is 178 Å². The van der Waals surface area contributed by atoms with Crippen molar-refractivity contribution < 1.29 is 63.2 Å². The molecular weight excluding hydrogens is 2300 g/mol. The zero-order valence-corrected chi connectivity index (χ0v) is 84.9. The molecule has 0 unspecified atom stereocenters. The number of hydrogen-bond donors (Lipinski definition) is 0. The van der Waals surface area contributed by atoms with Crippen LogP contribution in [0.25, 0.3) is 250 Å². The maximum atomic E-state index is 5.28. The number of nitrogens with zero attached hydrogens (tertiary/aromatic N) is 12. The molecule has 0 aliphatic carbocycles. The Bertz CT molecular complexity index is 9190. The fourth-order valence-corrected chi connectivity index (χ4v) is 20.0. The Morgan fingerprint density at radius 1 is 0.201 bits per heavy atom. The van der Waals surface area contributed by atoms with Gasteiger partial charge in [-0.15, -0.1) is 138 Å². The first-order valence-electron chi connectivity index (χ1n) is 47.2. The van der Waals surface area contributed by atoms with E-state index in [0.717, 1.165) is 217 Å². The van der Waals surface area contributed by atoms with Crippen molar-refractivity contribution in [1.82, 2.24) is 57.3 Å². The first kappa shape index (κ1) is 92.3. The minimum Gasteiger partial charge on any atom is -0.367 e. The van der Waals surface area contributed by atoms with Crippen LogP contribution in [0.2, 0.25) is 0 Å². The number of para-hydroxylation sites is 3. The van der Waals surface area contributed by atoms with Crippen LogP contribution >= 0.6 is 0 Å². The summed E-state index contributed by atoms with van der Waals surface area (Å²) in [5.41, 5.74) is 37.2. The van der Waals surface area contributed by atoms with Crippen LogP contribution in [0.15, 0.2) is 455 Å². The smallest absolute Gasteiger partial charge is 0.367 e. The van der Waals surface area contributed by atoms with E-state index in [2.05, 4.69) is 459 Å². The van der Waals surface area contributed by atoms with Crippen molar-refractivity contribution >= 4 is 98.5 Å². The Hall–Kier alpha value is -16.7. The zero-order valence-electron chi connectivity index (χ0n) is 78.1. The van der Waals surface area contributed by atoms with E-state index in [1.165, 1.54) is 33.2 Å². The molecule has 0 saturated carbocycles. The van der Waals surface area contributed by atoms with Gasteiger partial charge >= 0.3 is 63.2 Å². The van der Waals surface area contributed by atoms with Crippen molar-refractivity contribution in [1.29, 1.82) is 0 Å². The van der Waals surface area contributed by atoms with Gasteiger partial charge in [-0.3, -0.25) is 15.0 Å². The molecule has 0 aliphatic rings. The third-order valence-corrected chi connectivity index (χ3v) is 26.9. The molecule has 0 fully saturated rings. The van der Waals surface area contributed by atoms with Crippen LogP contribution in [0.4, 0.5) is 0 Å². The van der Waals surface area contributed by atoms with Gasteiger partial charge in [0.05, 0.1) is 50.6 Å². The molecule has 0 radical (unpaired) electrons. The van der Waals surface area contributed by atoms with Crippen molar-refractivity contribution in [2.24, 2.45) is 21.1 Å². The molecule has 0 atom stereocenters. The van der Waals surface area contributed by atoms with Crippen molar-refractivity contribution in [3.63, 3.8) is 0 Å². The summed E-state index contributed by atoms with van der Waals surface area (Å²) in [5, 5.41) is 6.90. The maximum Gasteiger partial charge on any atom is 2.00 e. The predicted octanol–water partition coefficient (Wildman–Crippen LogP) is 31.0. The van der Waals surface area contributed by atoms with Crippen LogP contribution in [0.1, 0.15) is 0 Å². The Morgan fingerprint density at radius 2 is 0.549 bits per heavy atom. The standard InChI is InChI=1S/3C43H28N4.3Pt/c1-46-41-23-22-31(29-13-4-2-5-14-29)26-39(41)45-43(46)37-28-42-36(27-35(37)30-15-6-3-7-16-30)34-19-8-9-21-40(34)47(42)33-18-12-17-32(25-33)38-20-10-11-24-44-38;1-46-42-26-31(29-13-4-2-5-14-29)22-23-39(42)45-43(46)37-28-41-36(27-35(37)30-15-6-3-7-16-30)34-19-8-9-21-40(34)47(41)33-18-12-17-32(25-33)38-20-10-11-24-44-38;1-46-42-26-31(29-11-4-2-5-12-29)20-24-39(42)45-43(46)33-19-22-37-36-17-8-9-18-40(36)47(41(37)27-33)35-16-10-15-32(25-35)38-23-21-34(28-44-38)30-13-6-3-7-14-30;;;/h2*2-24,26-27H,1H3;2-24,26,28H,1H3;;;/q3*-2;3*+2. The number of hydrogen-bond acceptors (Lipinski definition) is 6. The molecular formula is C129H84N12Pt3. The van der Waals surface area contributed by atoms with Gasteiger partial charge in [0.2, 0.25) is 0 Å². The third-order valence-electron chi connectivity index (χ3n) is 26.9. The first-order chi connectivity index (χ1) is 69.7. The maximum absolute atomic E-state index is 5.28. The van der Waals surface area contributed by atoms with Crippen LogP contribution in [0.3, 0.4) is 0 Å². The van der Waals surface area contributed by atoms with Crippen molar-refractivity contribution in [3.8, 4) is 152 Å². The minimum absolute atomic E-state index is 0. The van der Waals surface area contributed by atoms with E-state index >= 15 is 0 Å². The molecule has 27 rings (SSSR count). The summed E-state index contributed by atoms with van der Waals surface area (Å²) in [6.45, 7) is 0. The van der Waals surface area contributed by atoms with Crippen LogP contribution in [-0.2, 0) is 84.3 Å². The Kier molecular flexibility index (Phi) is 25.5. The number of rotatable bonds is 15. The summed E-state index contributed by atoms with van der Waals surface area (Å²) in [6, 6.07) is 174. The molecule has 0 aliphatic heterocycles. The van der Waals surface area contributed by atoms with E-state index in [-0.39, 0.29) is 63.2 Å². The van der Waals surface area contributed by atoms with E-state index in [9.17, 15) is 0 Å². The molecule has 9 heterocycles. The Balaban J connectivity index is 0.000000122. The number of aryl methyl sites for hydroxylation is 3. The van der Waals surface area contributed by atoms with E-state index in [4.69, 9.17) is 19.9 Å². The second kappa shape index (κ2) is 39.8. The summed E-state index contributed by atoms with van der Waals surface area (Å²) >= 11 is 0. The van der Waals surface area contributed by atoms with E-state index in [1.807, 2.05) is 91.4 Å². The molecule has 9 aromatic heterocycles. The largest absolute Gasteiger partial charge is 2.00 e. The normalized spacial score (nSPS) is 11.3. The molecule has 0 spiro atoms. The Morgan fingerprint density at radius 3 is 0.972 bits per heavy atom. The summed E-state index contributed by atoms with van der Waals surface area (Å²) < 4.78 is 13.4.